The summed E-state index contributed by atoms with van der Waals surface area (Å²) in [5.41, 5.74) is 8.73. The first kappa shape index (κ1) is 18.4. The summed E-state index contributed by atoms with van der Waals surface area (Å²) in [6.07, 6.45) is -3.81. The molecule has 0 bridgehead atoms. The number of azide groups is 1. The van der Waals surface area contributed by atoms with E-state index in [0.717, 1.165) is 0 Å². The van der Waals surface area contributed by atoms with Crippen LogP contribution in [0.15, 0.2) is 5.11 Å². The maximum atomic E-state index is 14.6. The topological polar surface area (TPSA) is 76.5 Å². The molecule has 0 spiro atoms. The molecule has 1 fully saturated rings. The molecule has 21 heavy (non-hydrogen) atoms. The lowest BCUT2D eigenvalue weighted by Crippen LogP contribution is -2.59. The summed E-state index contributed by atoms with van der Waals surface area (Å²) in [4.78, 5) is 2.81. The summed E-state index contributed by atoms with van der Waals surface area (Å²) in [5, 5.41) is 3.62. The predicted molar refractivity (Wildman–Crippen MR) is 81.2 cm³/mol. The Kier molecular flexibility index (Phi) is 5.80. The highest BCUT2D eigenvalue weighted by Crippen LogP contribution is 2.40. The van der Waals surface area contributed by atoms with Crippen molar-refractivity contribution in [3.05, 3.63) is 10.4 Å². The van der Waals surface area contributed by atoms with Crippen LogP contribution < -0.4 is 0 Å². The lowest BCUT2D eigenvalue weighted by Gasteiger charge is -2.46. The zero-order valence-electron chi connectivity index (χ0n) is 13.8. The zero-order chi connectivity index (χ0) is 16.4. The largest absolute Gasteiger partial charge is 0.410 e. The number of hydrogen-bond acceptors (Lipinski definition) is 4. The summed E-state index contributed by atoms with van der Waals surface area (Å²) in [7, 11) is -0.821. The Morgan fingerprint density at radius 3 is 2.33 bits per heavy atom. The molecule has 8 heteroatoms. The van der Waals surface area contributed by atoms with Crippen LogP contribution >= 0.6 is 0 Å². The van der Waals surface area contributed by atoms with Gasteiger partial charge in [0.1, 0.15) is 0 Å². The molecular weight excluding hydrogens is 293 g/mol. The first-order chi connectivity index (χ1) is 9.55. The van der Waals surface area contributed by atoms with Crippen LogP contribution in [0.1, 0.15) is 27.7 Å². The molecule has 6 nitrogen and oxygen atoms in total. The molecular formula is C13H26FN3O3Si. The van der Waals surface area contributed by atoms with Crippen molar-refractivity contribution < 1.29 is 18.3 Å². The average molecular weight is 319 g/mol. The fourth-order valence-corrected chi connectivity index (χ4v) is 3.34. The van der Waals surface area contributed by atoms with Gasteiger partial charge in [-0.1, -0.05) is 25.9 Å². The Balaban J connectivity index is 3.08. The monoisotopic (exact) mass is 319 g/mol. The van der Waals surface area contributed by atoms with Crippen LogP contribution in [0.25, 0.3) is 10.4 Å². The van der Waals surface area contributed by atoms with E-state index in [1.165, 1.54) is 7.11 Å². The van der Waals surface area contributed by atoms with E-state index >= 15 is 0 Å². The summed E-state index contributed by atoms with van der Waals surface area (Å²) in [6.45, 7) is 12.0. The molecule has 1 rings (SSSR count). The van der Waals surface area contributed by atoms with Crippen molar-refractivity contribution in [3.8, 4) is 0 Å². The van der Waals surface area contributed by atoms with Crippen LogP contribution in [-0.4, -0.2) is 46.1 Å². The van der Waals surface area contributed by atoms with Gasteiger partial charge in [-0.25, -0.2) is 4.39 Å². The van der Waals surface area contributed by atoms with Crippen molar-refractivity contribution in [3.63, 3.8) is 0 Å². The highest BCUT2D eigenvalue weighted by Gasteiger charge is 2.50. The number of hydrogen-bond donors (Lipinski definition) is 0. The number of ether oxygens (including phenoxy) is 2. The van der Waals surface area contributed by atoms with Crippen molar-refractivity contribution in [2.75, 3.05) is 7.11 Å². The van der Waals surface area contributed by atoms with Gasteiger partial charge in [0.15, 0.2) is 20.8 Å². The number of halogens is 1. The molecule has 0 N–H and O–H groups in total. The second kappa shape index (κ2) is 6.62. The smallest absolute Gasteiger partial charge is 0.192 e. The molecule has 0 aromatic carbocycles. The Hall–Kier alpha value is -0.663. The summed E-state index contributed by atoms with van der Waals surface area (Å²) < 4.78 is 31.3. The van der Waals surface area contributed by atoms with Crippen LogP contribution in [0.4, 0.5) is 4.39 Å². The van der Waals surface area contributed by atoms with E-state index in [1.807, 2.05) is 13.1 Å². The minimum atomic E-state index is -2.21. The molecule has 1 heterocycles. The molecule has 0 unspecified atom stereocenters. The number of rotatable bonds is 4. The van der Waals surface area contributed by atoms with Crippen molar-refractivity contribution in [2.45, 2.75) is 76.5 Å². The third kappa shape index (κ3) is 3.95. The van der Waals surface area contributed by atoms with Gasteiger partial charge in [-0.15, -0.1) is 0 Å². The summed E-state index contributed by atoms with van der Waals surface area (Å²) in [6, 6.07) is -0.703. The number of alkyl halides is 1. The highest BCUT2D eigenvalue weighted by molar-refractivity contribution is 6.74. The van der Waals surface area contributed by atoms with Gasteiger partial charge in [-0.2, -0.15) is 0 Å². The number of nitrogens with zero attached hydrogens (tertiary/aromatic N) is 3. The maximum absolute atomic E-state index is 14.6. The number of methoxy groups -OCH3 is 1. The van der Waals surface area contributed by atoms with E-state index in [1.54, 1.807) is 6.92 Å². The Bertz CT molecular complexity index is 410. The van der Waals surface area contributed by atoms with Gasteiger partial charge in [0, 0.05) is 12.0 Å². The molecule has 5 atom stereocenters. The fraction of sp³-hybridized carbons (Fsp3) is 1.00. The van der Waals surface area contributed by atoms with Crippen molar-refractivity contribution >= 4 is 8.32 Å². The molecule has 0 aromatic heterocycles. The first-order valence-corrected chi connectivity index (χ1v) is 10.0. The lowest BCUT2D eigenvalue weighted by atomic mass is 9.99. The molecule has 0 radical (unpaired) electrons. The second-order valence-electron chi connectivity index (χ2n) is 6.93. The normalized spacial score (nSPS) is 34.4. The molecule has 122 valence electrons. The maximum Gasteiger partial charge on any atom is 0.192 e. The van der Waals surface area contributed by atoms with Gasteiger partial charge in [0.2, 0.25) is 0 Å². The van der Waals surface area contributed by atoms with E-state index in [9.17, 15) is 4.39 Å². The van der Waals surface area contributed by atoms with Gasteiger partial charge >= 0.3 is 0 Å². The fourth-order valence-electron chi connectivity index (χ4n) is 2.03. The standard InChI is InChI=1S/C13H26FN3O3Si/c1-8-10(16-17-15)11(9(14)12(18-5)19-8)20-21(6,7)13(2,3)4/h8-12H,1-7H3/t8-,9+,10-,11-,12+/m0/s1. The van der Waals surface area contributed by atoms with E-state index in [-0.39, 0.29) is 5.04 Å². The minimum absolute atomic E-state index is 0.0717. The van der Waals surface area contributed by atoms with Gasteiger partial charge in [-0.05, 0) is 30.6 Å². The van der Waals surface area contributed by atoms with Crippen LogP contribution in [-0.2, 0) is 13.9 Å². The van der Waals surface area contributed by atoms with Crippen LogP contribution in [0.2, 0.25) is 18.1 Å². The molecule has 0 saturated carbocycles. The van der Waals surface area contributed by atoms with E-state index in [4.69, 9.17) is 19.4 Å². The van der Waals surface area contributed by atoms with Crippen LogP contribution in [0, 0.1) is 0 Å². The Morgan fingerprint density at radius 2 is 1.90 bits per heavy atom. The molecule has 1 aliphatic heterocycles. The van der Waals surface area contributed by atoms with Crippen LogP contribution in [0.3, 0.4) is 0 Å². The molecule has 0 aliphatic carbocycles. The van der Waals surface area contributed by atoms with Crippen molar-refractivity contribution in [1.82, 2.24) is 0 Å². The molecule has 1 aliphatic rings. The third-order valence-corrected chi connectivity index (χ3v) is 8.87. The van der Waals surface area contributed by atoms with Crippen LogP contribution in [0.5, 0.6) is 0 Å². The lowest BCUT2D eigenvalue weighted by molar-refractivity contribution is -0.239. The van der Waals surface area contributed by atoms with Gasteiger partial charge in [0.25, 0.3) is 0 Å². The quantitative estimate of drug-likeness (QED) is 0.342. The Labute approximate surface area is 126 Å². The first-order valence-electron chi connectivity index (χ1n) is 7.09. The van der Waals surface area contributed by atoms with Gasteiger partial charge < -0.3 is 13.9 Å². The van der Waals surface area contributed by atoms with E-state index < -0.39 is 39.0 Å². The third-order valence-electron chi connectivity index (χ3n) is 4.39. The van der Waals surface area contributed by atoms with Gasteiger partial charge in [-0.3, -0.25) is 0 Å². The zero-order valence-corrected chi connectivity index (χ0v) is 14.8. The predicted octanol–water partition coefficient (Wildman–Crippen LogP) is 3.79. The molecule has 1 saturated heterocycles. The molecule has 0 aromatic rings. The molecule has 0 amide bonds. The second-order valence-corrected chi connectivity index (χ2v) is 11.7. The summed E-state index contributed by atoms with van der Waals surface area (Å²) >= 11 is 0. The Morgan fingerprint density at radius 1 is 1.33 bits per heavy atom. The van der Waals surface area contributed by atoms with Crippen molar-refractivity contribution in [1.29, 1.82) is 0 Å². The van der Waals surface area contributed by atoms with E-state index in [0.29, 0.717) is 0 Å². The minimum Gasteiger partial charge on any atom is -0.410 e. The van der Waals surface area contributed by atoms with Gasteiger partial charge in [0.05, 0.1) is 18.2 Å². The highest BCUT2D eigenvalue weighted by atomic mass is 28.4. The SMILES string of the molecule is CO[C@@H]1O[C@@H](C)[C@H](N=[N+]=[N-])[C@@H](O[Si](C)(C)C(C)(C)C)[C@H]1F. The summed E-state index contributed by atoms with van der Waals surface area (Å²) in [5.74, 6) is 0. The van der Waals surface area contributed by atoms with Crippen molar-refractivity contribution in [2.24, 2.45) is 5.11 Å². The average Bonchev–Trinajstić information content (AvgIpc) is 2.36. The van der Waals surface area contributed by atoms with E-state index in [2.05, 4.69) is 30.8 Å².